The molecule has 1 aromatic carbocycles. The zero-order valence-electron chi connectivity index (χ0n) is 7.70. The van der Waals surface area contributed by atoms with Gasteiger partial charge in [0.05, 0.1) is 5.56 Å². The molecule has 2 N–H and O–H groups in total. The number of benzene rings is 1. The Kier molecular flexibility index (Phi) is 4.07. The molecule has 0 fully saturated rings. The van der Waals surface area contributed by atoms with Gasteiger partial charge in [-0.05, 0) is 37.1 Å². The van der Waals surface area contributed by atoms with E-state index < -0.39 is 5.97 Å². The van der Waals surface area contributed by atoms with Crippen LogP contribution in [0.1, 0.15) is 22.3 Å². The summed E-state index contributed by atoms with van der Waals surface area (Å²) < 4.78 is 11.6. The van der Waals surface area contributed by atoms with Gasteiger partial charge in [0, 0.05) is 4.53 Å². The lowest BCUT2D eigenvalue weighted by molar-refractivity contribution is -0.0788. The molecule has 4 heteroatoms. The first kappa shape index (κ1) is 10.7. The van der Waals surface area contributed by atoms with Crippen molar-refractivity contribution >= 4 is 5.97 Å². The molecule has 0 aliphatic rings. The SMILES string of the molecule is NCCCc1cccc(C(=O)OF)c1. The van der Waals surface area contributed by atoms with Gasteiger partial charge in [0.1, 0.15) is 0 Å². The highest BCUT2D eigenvalue weighted by Gasteiger charge is 2.07. The third kappa shape index (κ3) is 2.81. The minimum Gasteiger partial charge on any atom is -0.330 e. The molecular formula is C10H12FNO2. The van der Waals surface area contributed by atoms with Crippen LogP contribution >= 0.6 is 0 Å². The van der Waals surface area contributed by atoms with E-state index in [2.05, 4.69) is 4.94 Å². The molecule has 0 saturated carbocycles. The second-order valence-electron chi connectivity index (χ2n) is 2.96. The summed E-state index contributed by atoms with van der Waals surface area (Å²) in [6, 6.07) is 6.67. The van der Waals surface area contributed by atoms with Crippen LogP contribution in [0.25, 0.3) is 0 Å². The number of nitrogens with two attached hydrogens (primary N) is 1. The standard InChI is InChI=1S/C10H12FNO2/c11-14-10(13)9-5-1-3-8(7-9)4-2-6-12/h1,3,5,7H,2,4,6,12H2. The zero-order chi connectivity index (χ0) is 10.4. The largest absolute Gasteiger partial charge is 0.379 e. The van der Waals surface area contributed by atoms with Crippen molar-refractivity contribution in [2.75, 3.05) is 6.54 Å². The van der Waals surface area contributed by atoms with Gasteiger partial charge in [-0.1, -0.05) is 12.1 Å². The summed E-state index contributed by atoms with van der Waals surface area (Å²) in [7, 11) is 0. The van der Waals surface area contributed by atoms with Gasteiger partial charge in [-0.15, -0.1) is 0 Å². The smallest absolute Gasteiger partial charge is 0.330 e. The van der Waals surface area contributed by atoms with Crippen molar-refractivity contribution in [2.45, 2.75) is 12.8 Å². The first-order valence-corrected chi connectivity index (χ1v) is 4.40. The Balaban J connectivity index is 2.73. The van der Waals surface area contributed by atoms with Crippen LogP contribution in [0.3, 0.4) is 0 Å². The van der Waals surface area contributed by atoms with Crippen LogP contribution in [0, 0.1) is 0 Å². The molecule has 0 aromatic heterocycles. The quantitative estimate of drug-likeness (QED) is 0.797. The first-order valence-electron chi connectivity index (χ1n) is 4.40. The summed E-state index contributed by atoms with van der Waals surface area (Å²) >= 11 is 0. The summed E-state index contributed by atoms with van der Waals surface area (Å²) in [5.74, 6) is -0.959. The zero-order valence-corrected chi connectivity index (χ0v) is 7.70. The summed E-state index contributed by atoms with van der Waals surface area (Å²) in [6.45, 7) is 0.595. The Labute approximate surface area is 81.6 Å². The molecule has 0 aliphatic heterocycles. The predicted octanol–water partition coefficient (Wildman–Crippen LogP) is 1.62. The van der Waals surface area contributed by atoms with Crippen LogP contribution < -0.4 is 5.73 Å². The van der Waals surface area contributed by atoms with E-state index in [-0.39, 0.29) is 5.56 Å². The molecule has 0 bridgehead atoms. The number of halogens is 1. The van der Waals surface area contributed by atoms with Crippen LogP contribution in [0.2, 0.25) is 0 Å². The van der Waals surface area contributed by atoms with Crippen molar-refractivity contribution in [3.8, 4) is 0 Å². The Morgan fingerprint density at radius 1 is 1.50 bits per heavy atom. The average Bonchev–Trinajstić information content (AvgIpc) is 2.25. The van der Waals surface area contributed by atoms with Gasteiger partial charge in [-0.25, -0.2) is 9.74 Å². The molecule has 14 heavy (non-hydrogen) atoms. The van der Waals surface area contributed by atoms with Gasteiger partial charge in [0.25, 0.3) is 0 Å². The van der Waals surface area contributed by atoms with E-state index in [1.54, 1.807) is 12.1 Å². The second kappa shape index (κ2) is 5.34. The van der Waals surface area contributed by atoms with E-state index in [0.717, 1.165) is 18.4 Å². The van der Waals surface area contributed by atoms with E-state index in [9.17, 15) is 9.32 Å². The van der Waals surface area contributed by atoms with Gasteiger partial charge < -0.3 is 5.73 Å². The first-order chi connectivity index (χ1) is 6.77. The average molecular weight is 197 g/mol. The Bertz CT molecular complexity index is 315. The van der Waals surface area contributed by atoms with Gasteiger partial charge >= 0.3 is 5.97 Å². The lowest BCUT2D eigenvalue weighted by Gasteiger charge is -2.01. The number of aryl methyl sites for hydroxylation is 1. The second-order valence-corrected chi connectivity index (χ2v) is 2.96. The fourth-order valence-electron chi connectivity index (χ4n) is 1.20. The minimum absolute atomic E-state index is 0.224. The van der Waals surface area contributed by atoms with E-state index in [0.29, 0.717) is 6.54 Å². The van der Waals surface area contributed by atoms with Crippen molar-refractivity contribution in [1.82, 2.24) is 0 Å². The maximum absolute atomic E-state index is 11.6. The third-order valence-electron chi connectivity index (χ3n) is 1.90. The molecule has 0 aliphatic carbocycles. The van der Waals surface area contributed by atoms with Crippen LogP contribution in [-0.2, 0) is 11.4 Å². The van der Waals surface area contributed by atoms with Crippen molar-refractivity contribution in [1.29, 1.82) is 0 Å². The molecule has 1 rings (SSSR count). The number of carbonyl (C=O) groups is 1. The van der Waals surface area contributed by atoms with E-state index >= 15 is 0 Å². The molecule has 0 heterocycles. The van der Waals surface area contributed by atoms with Crippen LogP contribution in [-0.4, -0.2) is 12.5 Å². The van der Waals surface area contributed by atoms with Gasteiger partial charge in [-0.2, -0.15) is 0 Å². The molecule has 76 valence electrons. The molecule has 0 spiro atoms. The van der Waals surface area contributed by atoms with Crippen molar-refractivity contribution in [3.63, 3.8) is 0 Å². The number of hydrogen-bond acceptors (Lipinski definition) is 3. The van der Waals surface area contributed by atoms with Crippen molar-refractivity contribution in [3.05, 3.63) is 35.4 Å². The van der Waals surface area contributed by atoms with Gasteiger partial charge in [-0.3, -0.25) is 0 Å². The van der Waals surface area contributed by atoms with E-state index in [1.807, 2.05) is 6.07 Å². The number of carbonyl (C=O) groups excluding carboxylic acids is 1. The highest BCUT2D eigenvalue weighted by atomic mass is 19.3. The molecular weight excluding hydrogens is 185 g/mol. The topological polar surface area (TPSA) is 52.3 Å². The summed E-state index contributed by atoms with van der Waals surface area (Å²) in [5, 5.41) is 0. The molecule has 0 amide bonds. The van der Waals surface area contributed by atoms with E-state index in [1.165, 1.54) is 6.07 Å². The molecule has 1 aromatic rings. The van der Waals surface area contributed by atoms with Crippen LogP contribution in [0.15, 0.2) is 24.3 Å². The molecule has 0 saturated heterocycles. The number of hydrogen-bond donors (Lipinski definition) is 1. The lowest BCUT2D eigenvalue weighted by atomic mass is 10.1. The molecule has 0 atom stereocenters. The Hall–Kier alpha value is -1.42. The molecule has 0 radical (unpaired) electrons. The van der Waals surface area contributed by atoms with Crippen LogP contribution in [0.4, 0.5) is 4.53 Å². The predicted molar refractivity (Wildman–Crippen MR) is 50.3 cm³/mol. The fourth-order valence-corrected chi connectivity index (χ4v) is 1.20. The van der Waals surface area contributed by atoms with Crippen molar-refractivity contribution < 1.29 is 14.3 Å². The Morgan fingerprint density at radius 3 is 2.93 bits per heavy atom. The minimum atomic E-state index is -0.959. The normalized spacial score (nSPS) is 9.86. The summed E-state index contributed by atoms with van der Waals surface area (Å²) in [5.41, 5.74) is 6.53. The highest BCUT2D eigenvalue weighted by Crippen LogP contribution is 2.08. The third-order valence-corrected chi connectivity index (χ3v) is 1.90. The number of rotatable bonds is 4. The monoisotopic (exact) mass is 197 g/mol. The van der Waals surface area contributed by atoms with Gasteiger partial charge in [0.2, 0.25) is 0 Å². The Morgan fingerprint density at radius 2 is 2.29 bits per heavy atom. The molecule has 3 nitrogen and oxygen atoms in total. The van der Waals surface area contributed by atoms with E-state index in [4.69, 9.17) is 5.73 Å². The lowest BCUT2D eigenvalue weighted by Crippen LogP contribution is -2.02. The highest BCUT2D eigenvalue weighted by molar-refractivity contribution is 5.89. The summed E-state index contributed by atoms with van der Waals surface area (Å²) in [4.78, 5) is 13.9. The van der Waals surface area contributed by atoms with Crippen LogP contribution in [0.5, 0.6) is 0 Å². The summed E-state index contributed by atoms with van der Waals surface area (Å²) in [6.07, 6.45) is 1.62. The molecule has 0 unspecified atom stereocenters. The maximum Gasteiger partial charge on any atom is 0.379 e. The van der Waals surface area contributed by atoms with Crippen molar-refractivity contribution in [2.24, 2.45) is 5.73 Å². The van der Waals surface area contributed by atoms with Gasteiger partial charge in [0.15, 0.2) is 0 Å². The maximum atomic E-state index is 11.6. The fraction of sp³-hybridized carbons (Fsp3) is 0.300.